The van der Waals surface area contributed by atoms with E-state index >= 15 is 0 Å². The monoisotopic (exact) mass is 187 g/mol. The minimum Gasteiger partial charge on any atom is -0.394 e. The summed E-state index contributed by atoms with van der Waals surface area (Å²) >= 11 is 0. The highest BCUT2D eigenvalue weighted by molar-refractivity contribution is 5.39. The average Bonchev–Trinajstić information content (AvgIpc) is 2.45. The number of nitrogens with zero attached hydrogens (tertiary/aromatic N) is 2. The van der Waals surface area contributed by atoms with Gasteiger partial charge in [0.05, 0.1) is 17.6 Å². The fourth-order valence-electron chi connectivity index (χ4n) is 0.931. The van der Waals surface area contributed by atoms with Crippen molar-refractivity contribution in [1.29, 1.82) is 0 Å². The van der Waals surface area contributed by atoms with Gasteiger partial charge < -0.3 is 15.4 Å². The van der Waals surface area contributed by atoms with Crippen molar-refractivity contribution in [2.24, 2.45) is 5.73 Å². The predicted molar refractivity (Wildman–Crippen MR) is 41.9 cm³/mol. The molecule has 0 amide bonds. The standard InChI is InChI=1S/C6H9N3O4/c1-3-5(9(11)12)6(13-8-3)4(7)2-10/h4,10H,2,7H2,1H3. The van der Waals surface area contributed by atoms with E-state index in [4.69, 9.17) is 10.8 Å². The van der Waals surface area contributed by atoms with E-state index in [2.05, 4.69) is 9.68 Å². The molecule has 1 aromatic rings. The van der Waals surface area contributed by atoms with Gasteiger partial charge in [-0.3, -0.25) is 10.1 Å². The normalized spacial score (nSPS) is 12.8. The third kappa shape index (κ3) is 1.65. The summed E-state index contributed by atoms with van der Waals surface area (Å²) in [6.07, 6.45) is 0. The Morgan fingerprint density at radius 1 is 1.85 bits per heavy atom. The fraction of sp³-hybridized carbons (Fsp3) is 0.500. The molecular formula is C6H9N3O4. The first-order valence-corrected chi connectivity index (χ1v) is 3.55. The number of rotatable bonds is 3. The van der Waals surface area contributed by atoms with Crippen molar-refractivity contribution in [3.63, 3.8) is 0 Å². The maximum Gasteiger partial charge on any atom is 0.336 e. The molecule has 0 aliphatic rings. The summed E-state index contributed by atoms with van der Waals surface area (Å²) in [6.45, 7) is 1.02. The van der Waals surface area contributed by atoms with Gasteiger partial charge in [0.15, 0.2) is 5.69 Å². The molecular weight excluding hydrogens is 178 g/mol. The van der Waals surface area contributed by atoms with E-state index in [-0.39, 0.29) is 17.1 Å². The fourth-order valence-corrected chi connectivity index (χ4v) is 0.931. The zero-order valence-electron chi connectivity index (χ0n) is 6.93. The topological polar surface area (TPSA) is 115 Å². The van der Waals surface area contributed by atoms with Crippen molar-refractivity contribution in [2.75, 3.05) is 6.61 Å². The minimum atomic E-state index is -0.901. The minimum absolute atomic E-state index is 0.0926. The third-order valence-electron chi connectivity index (χ3n) is 1.57. The Morgan fingerprint density at radius 2 is 2.46 bits per heavy atom. The third-order valence-corrected chi connectivity index (χ3v) is 1.57. The number of hydrogen-bond acceptors (Lipinski definition) is 6. The molecule has 1 heterocycles. The SMILES string of the molecule is Cc1noc(C(N)CO)c1[N+](=O)[O-]. The quantitative estimate of drug-likeness (QED) is 0.503. The molecule has 72 valence electrons. The number of nitrogens with two attached hydrogens (primary N) is 1. The second kappa shape index (κ2) is 3.50. The van der Waals surface area contributed by atoms with Crippen LogP contribution in [0.4, 0.5) is 5.69 Å². The van der Waals surface area contributed by atoms with E-state index in [0.29, 0.717) is 0 Å². The summed E-state index contributed by atoms with van der Waals surface area (Å²) in [7, 11) is 0. The highest BCUT2D eigenvalue weighted by Gasteiger charge is 2.28. The number of hydrogen-bond donors (Lipinski definition) is 2. The lowest BCUT2D eigenvalue weighted by atomic mass is 10.2. The van der Waals surface area contributed by atoms with Gasteiger partial charge >= 0.3 is 5.69 Å². The summed E-state index contributed by atoms with van der Waals surface area (Å²) in [5, 5.41) is 22.6. The lowest BCUT2D eigenvalue weighted by Crippen LogP contribution is -2.15. The van der Waals surface area contributed by atoms with Gasteiger partial charge in [-0.15, -0.1) is 0 Å². The van der Waals surface area contributed by atoms with Crippen LogP contribution in [0, 0.1) is 17.0 Å². The van der Waals surface area contributed by atoms with Crippen molar-refractivity contribution < 1.29 is 14.6 Å². The lowest BCUT2D eigenvalue weighted by Gasteiger charge is -2.00. The first-order chi connectivity index (χ1) is 6.07. The van der Waals surface area contributed by atoms with Crippen LogP contribution < -0.4 is 5.73 Å². The molecule has 7 heteroatoms. The van der Waals surface area contributed by atoms with Gasteiger partial charge in [-0.1, -0.05) is 5.16 Å². The predicted octanol–water partition coefficient (Wildman–Crippen LogP) is -0.117. The number of aryl methyl sites for hydroxylation is 1. The second-order valence-electron chi connectivity index (χ2n) is 2.53. The van der Waals surface area contributed by atoms with Crippen molar-refractivity contribution >= 4 is 5.69 Å². The van der Waals surface area contributed by atoms with Crippen molar-refractivity contribution in [2.45, 2.75) is 13.0 Å². The molecule has 0 aliphatic carbocycles. The van der Waals surface area contributed by atoms with Gasteiger partial charge in [0.25, 0.3) is 0 Å². The summed E-state index contributed by atoms with van der Waals surface area (Å²) in [4.78, 5) is 9.86. The van der Waals surface area contributed by atoms with Crippen LogP contribution in [-0.4, -0.2) is 21.8 Å². The number of aliphatic hydroxyl groups is 1. The molecule has 0 spiro atoms. The van der Waals surface area contributed by atoms with E-state index in [0.717, 1.165) is 0 Å². The van der Waals surface area contributed by atoms with Gasteiger partial charge in [0.1, 0.15) is 0 Å². The van der Waals surface area contributed by atoms with Gasteiger partial charge in [0.2, 0.25) is 5.76 Å². The van der Waals surface area contributed by atoms with Crippen LogP contribution in [0.1, 0.15) is 17.5 Å². The van der Waals surface area contributed by atoms with E-state index in [1.807, 2.05) is 0 Å². The Labute approximate surface area is 73.3 Å². The summed E-state index contributed by atoms with van der Waals surface area (Å²) in [5.74, 6) is -0.0926. The van der Waals surface area contributed by atoms with E-state index < -0.39 is 17.6 Å². The first kappa shape index (κ1) is 9.62. The highest BCUT2D eigenvalue weighted by atomic mass is 16.6. The Hall–Kier alpha value is -1.47. The van der Waals surface area contributed by atoms with Gasteiger partial charge in [-0.05, 0) is 6.92 Å². The molecule has 1 unspecified atom stereocenters. The maximum absolute atomic E-state index is 10.5. The summed E-state index contributed by atoms with van der Waals surface area (Å²) in [6, 6.07) is -0.901. The average molecular weight is 187 g/mol. The van der Waals surface area contributed by atoms with Crippen molar-refractivity contribution in [3.05, 3.63) is 21.6 Å². The van der Waals surface area contributed by atoms with Crippen LogP contribution >= 0.6 is 0 Å². The molecule has 1 rings (SSSR count). The van der Waals surface area contributed by atoms with Crippen LogP contribution in [0.5, 0.6) is 0 Å². The Morgan fingerprint density at radius 3 is 2.92 bits per heavy atom. The molecule has 0 aromatic carbocycles. The van der Waals surface area contributed by atoms with Gasteiger partial charge in [-0.25, -0.2) is 0 Å². The molecule has 0 saturated carbocycles. The molecule has 0 fully saturated rings. The number of nitro groups is 1. The van der Waals surface area contributed by atoms with Gasteiger partial charge in [0, 0.05) is 0 Å². The smallest absolute Gasteiger partial charge is 0.336 e. The zero-order valence-corrected chi connectivity index (χ0v) is 6.93. The maximum atomic E-state index is 10.5. The Bertz CT molecular complexity index is 322. The molecule has 1 aromatic heterocycles. The highest BCUT2D eigenvalue weighted by Crippen LogP contribution is 2.26. The second-order valence-corrected chi connectivity index (χ2v) is 2.53. The number of aliphatic hydroxyl groups excluding tert-OH is 1. The molecule has 1 atom stereocenters. The molecule has 0 aliphatic heterocycles. The zero-order chi connectivity index (χ0) is 10.0. The van der Waals surface area contributed by atoms with Crippen LogP contribution in [0.15, 0.2) is 4.52 Å². The molecule has 7 nitrogen and oxygen atoms in total. The molecule has 0 saturated heterocycles. The number of aromatic nitrogens is 1. The molecule has 0 bridgehead atoms. The van der Waals surface area contributed by atoms with Crippen LogP contribution in [0.25, 0.3) is 0 Å². The molecule has 3 N–H and O–H groups in total. The van der Waals surface area contributed by atoms with Crippen LogP contribution in [0.3, 0.4) is 0 Å². The van der Waals surface area contributed by atoms with E-state index in [1.165, 1.54) is 6.92 Å². The first-order valence-electron chi connectivity index (χ1n) is 3.55. The van der Waals surface area contributed by atoms with E-state index in [9.17, 15) is 10.1 Å². The summed E-state index contributed by atoms with van der Waals surface area (Å²) in [5.41, 5.74) is 5.25. The molecule has 0 radical (unpaired) electrons. The lowest BCUT2D eigenvalue weighted by molar-refractivity contribution is -0.386. The van der Waals surface area contributed by atoms with Crippen LogP contribution in [0.2, 0.25) is 0 Å². The molecule has 13 heavy (non-hydrogen) atoms. The van der Waals surface area contributed by atoms with Crippen molar-refractivity contribution in [3.8, 4) is 0 Å². The Balaban J connectivity index is 3.14. The Kier molecular flexibility index (Phi) is 2.59. The van der Waals surface area contributed by atoms with Gasteiger partial charge in [-0.2, -0.15) is 0 Å². The van der Waals surface area contributed by atoms with Crippen LogP contribution in [-0.2, 0) is 0 Å². The van der Waals surface area contributed by atoms with E-state index in [1.54, 1.807) is 0 Å². The van der Waals surface area contributed by atoms with Crippen molar-refractivity contribution in [1.82, 2.24) is 5.16 Å². The largest absolute Gasteiger partial charge is 0.394 e. The summed E-state index contributed by atoms with van der Waals surface area (Å²) < 4.78 is 4.63.